The number of carbonyl (C=O) groups is 1. The van der Waals surface area contributed by atoms with E-state index in [0.717, 1.165) is 6.07 Å². The van der Waals surface area contributed by atoms with Gasteiger partial charge in [-0.05, 0) is 6.07 Å². The number of methoxy groups -OCH3 is 1. The number of amides is 1. The van der Waals surface area contributed by atoms with Crippen molar-refractivity contribution in [1.29, 1.82) is 0 Å². The molecule has 0 aromatic carbocycles. The molecule has 1 amide bonds. The topological polar surface area (TPSA) is 94.4 Å². The van der Waals surface area contributed by atoms with Gasteiger partial charge in [0.05, 0.1) is 4.92 Å². The molecular formula is C8H8ClN3O4. The van der Waals surface area contributed by atoms with Crippen molar-refractivity contribution in [3.05, 3.63) is 27.4 Å². The molecule has 0 saturated heterocycles. The molecular weight excluding hydrogens is 238 g/mol. The van der Waals surface area contributed by atoms with Crippen LogP contribution < -0.4 is 5.32 Å². The van der Waals surface area contributed by atoms with Crippen LogP contribution in [0.25, 0.3) is 0 Å². The van der Waals surface area contributed by atoms with E-state index in [4.69, 9.17) is 11.6 Å². The Balaban J connectivity index is 2.96. The summed E-state index contributed by atoms with van der Waals surface area (Å²) >= 11 is 5.57. The van der Waals surface area contributed by atoms with E-state index in [1.54, 1.807) is 0 Å². The molecule has 1 aromatic heterocycles. The number of anilines is 1. The fourth-order valence-electron chi connectivity index (χ4n) is 0.967. The molecule has 1 rings (SSSR count). The highest BCUT2D eigenvalue weighted by Gasteiger charge is 2.17. The van der Waals surface area contributed by atoms with Crippen molar-refractivity contribution in [2.75, 3.05) is 19.0 Å². The van der Waals surface area contributed by atoms with E-state index in [1.807, 2.05) is 0 Å². The molecule has 1 heterocycles. The molecule has 16 heavy (non-hydrogen) atoms. The minimum atomic E-state index is -0.661. The van der Waals surface area contributed by atoms with Gasteiger partial charge < -0.3 is 10.1 Å². The number of nitrogens with zero attached hydrogens (tertiary/aromatic N) is 2. The van der Waals surface area contributed by atoms with E-state index in [2.05, 4.69) is 15.0 Å². The zero-order valence-corrected chi connectivity index (χ0v) is 9.02. The van der Waals surface area contributed by atoms with Gasteiger partial charge in [0.2, 0.25) is 5.82 Å². The Bertz CT molecular complexity index is 424. The van der Waals surface area contributed by atoms with E-state index < -0.39 is 10.8 Å². The Kier molecular flexibility index (Phi) is 4.15. The van der Waals surface area contributed by atoms with Crippen LogP contribution in [0.3, 0.4) is 0 Å². The second-order valence-corrected chi connectivity index (χ2v) is 3.13. The summed E-state index contributed by atoms with van der Waals surface area (Å²) in [5.74, 6) is -0.736. The van der Waals surface area contributed by atoms with Gasteiger partial charge in [-0.1, -0.05) is 11.6 Å². The smallest absolute Gasteiger partial charge is 0.311 e. The van der Waals surface area contributed by atoms with Gasteiger partial charge in [0.1, 0.15) is 11.8 Å². The Morgan fingerprint density at radius 3 is 2.94 bits per heavy atom. The molecule has 0 aliphatic rings. The van der Waals surface area contributed by atoms with Crippen LogP contribution in [0, 0.1) is 10.1 Å². The Labute approximate surface area is 95.5 Å². The zero-order valence-electron chi connectivity index (χ0n) is 8.27. The number of nitro groups is 1. The van der Waals surface area contributed by atoms with Crippen LogP contribution in [0.5, 0.6) is 0 Å². The van der Waals surface area contributed by atoms with Crippen LogP contribution in [0.4, 0.5) is 11.5 Å². The normalized spacial score (nSPS) is 9.88. The van der Waals surface area contributed by atoms with E-state index in [9.17, 15) is 14.9 Å². The number of hydrogen-bond acceptors (Lipinski definition) is 5. The van der Waals surface area contributed by atoms with Crippen LogP contribution in [0.1, 0.15) is 0 Å². The Hall–Kier alpha value is -1.73. The van der Waals surface area contributed by atoms with Crippen LogP contribution in [-0.2, 0) is 9.53 Å². The standard InChI is InChI=1S/C8H8ClN3O4/c1-16-4-7(13)11-8-5(12(14)15)2-3-6(9)10-8/h2-3H,4H2,1H3,(H,10,11,13). The predicted molar refractivity (Wildman–Crippen MR) is 56.4 cm³/mol. The van der Waals surface area contributed by atoms with Crippen LogP contribution in [0.15, 0.2) is 12.1 Å². The molecule has 1 N–H and O–H groups in total. The maximum atomic E-state index is 11.2. The summed E-state index contributed by atoms with van der Waals surface area (Å²) in [6.45, 7) is -0.217. The van der Waals surface area contributed by atoms with Crippen molar-refractivity contribution in [3.63, 3.8) is 0 Å². The average molecular weight is 246 g/mol. The third kappa shape index (κ3) is 3.14. The molecule has 8 heteroatoms. The van der Waals surface area contributed by atoms with Crippen molar-refractivity contribution in [3.8, 4) is 0 Å². The highest BCUT2D eigenvalue weighted by molar-refractivity contribution is 6.29. The zero-order chi connectivity index (χ0) is 12.1. The molecule has 86 valence electrons. The lowest BCUT2D eigenvalue weighted by Crippen LogP contribution is -2.18. The van der Waals surface area contributed by atoms with Gasteiger partial charge in [-0.3, -0.25) is 14.9 Å². The van der Waals surface area contributed by atoms with Gasteiger partial charge >= 0.3 is 5.69 Å². The second-order valence-electron chi connectivity index (χ2n) is 2.74. The van der Waals surface area contributed by atoms with Gasteiger partial charge in [-0.2, -0.15) is 0 Å². The molecule has 0 spiro atoms. The largest absolute Gasteiger partial charge is 0.375 e. The summed E-state index contributed by atoms with van der Waals surface area (Å²) in [5, 5.41) is 12.9. The number of rotatable bonds is 4. The Morgan fingerprint density at radius 2 is 2.38 bits per heavy atom. The van der Waals surface area contributed by atoms with Gasteiger partial charge in [0.25, 0.3) is 5.91 Å². The summed E-state index contributed by atoms with van der Waals surface area (Å²) < 4.78 is 4.56. The minimum absolute atomic E-state index is 0.0540. The van der Waals surface area contributed by atoms with Crippen molar-refractivity contribution < 1.29 is 14.5 Å². The quantitative estimate of drug-likeness (QED) is 0.489. The van der Waals surface area contributed by atoms with Gasteiger partial charge in [-0.15, -0.1) is 0 Å². The summed E-state index contributed by atoms with van der Waals surface area (Å²) in [5.41, 5.74) is -0.325. The molecule has 0 aliphatic carbocycles. The third-order valence-electron chi connectivity index (χ3n) is 1.57. The minimum Gasteiger partial charge on any atom is -0.375 e. The number of carbonyl (C=O) groups excluding carboxylic acids is 1. The van der Waals surface area contributed by atoms with E-state index >= 15 is 0 Å². The number of ether oxygens (including phenoxy) is 1. The van der Waals surface area contributed by atoms with Crippen molar-refractivity contribution >= 4 is 29.0 Å². The van der Waals surface area contributed by atoms with Crippen LogP contribution in [0.2, 0.25) is 5.15 Å². The summed E-state index contributed by atoms with van der Waals surface area (Å²) in [6, 6.07) is 2.43. The van der Waals surface area contributed by atoms with E-state index in [0.29, 0.717) is 0 Å². The highest BCUT2D eigenvalue weighted by Crippen LogP contribution is 2.23. The first-order chi connectivity index (χ1) is 7.54. The third-order valence-corrected chi connectivity index (χ3v) is 1.78. The molecule has 0 saturated carbocycles. The molecule has 0 atom stereocenters. The van der Waals surface area contributed by atoms with Gasteiger partial charge in [0, 0.05) is 13.2 Å². The number of pyridine rings is 1. The Morgan fingerprint density at radius 1 is 1.69 bits per heavy atom. The number of aromatic nitrogens is 1. The molecule has 0 radical (unpaired) electrons. The fraction of sp³-hybridized carbons (Fsp3) is 0.250. The maximum absolute atomic E-state index is 11.2. The average Bonchev–Trinajstić information content (AvgIpc) is 2.17. The summed E-state index contributed by atoms with van der Waals surface area (Å²) in [4.78, 5) is 24.8. The molecule has 0 fully saturated rings. The lowest BCUT2D eigenvalue weighted by atomic mass is 10.4. The van der Waals surface area contributed by atoms with Crippen LogP contribution in [-0.4, -0.2) is 29.5 Å². The molecule has 1 aromatic rings. The van der Waals surface area contributed by atoms with Crippen molar-refractivity contribution in [2.45, 2.75) is 0 Å². The summed E-state index contributed by atoms with van der Waals surface area (Å²) in [7, 11) is 1.33. The summed E-state index contributed by atoms with van der Waals surface area (Å²) in [6.07, 6.45) is 0. The molecule has 0 bridgehead atoms. The maximum Gasteiger partial charge on any atom is 0.311 e. The lowest BCUT2D eigenvalue weighted by molar-refractivity contribution is -0.384. The second kappa shape index (κ2) is 5.38. The van der Waals surface area contributed by atoms with E-state index in [1.165, 1.54) is 13.2 Å². The van der Waals surface area contributed by atoms with Crippen LogP contribution >= 0.6 is 11.6 Å². The van der Waals surface area contributed by atoms with E-state index in [-0.39, 0.29) is 23.3 Å². The number of nitrogens with one attached hydrogen (secondary N) is 1. The predicted octanol–water partition coefficient (Wildman–Crippen LogP) is 1.23. The van der Waals surface area contributed by atoms with Crippen molar-refractivity contribution in [2.24, 2.45) is 0 Å². The molecule has 0 unspecified atom stereocenters. The first-order valence-corrected chi connectivity index (χ1v) is 4.52. The first-order valence-electron chi connectivity index (χ1n) is 4.14. The molecule has 7 nitrogen and oxygen atoms in total. The van der Waals surface area contributed by atoms with Crippen molar-refractivity contribution in [1.82, 2.24) is 4.98 Å². The first kappa shape index (κ1) is 12.3. The highest BCUT2D eigenvalue weighted by atomic mass is 35.5. The van der Waals surface area contributed by atoms with Gasteiger partial charge in [0.15, 0.2) is 0 Å². The number of hydrogen-bond donors (Lipinski definition) is 1. The lowest BCUT2D eigenvalue weighted by Gasteiger charge is -2.04. The van der Waals surface area contributed by atoms with Gasteiger partial charge in [-0.25, -0.2) is 4.98 Å². The fourth-order valence-corrected chi connectivity index (χ4v) is 1.11. The monoisotopic (exact) mass is 245 g/mol. The molecule has 0 aliphatic heterocycles. The SMILES string of the molecule is COCC(=O)Nc1nc(Cl)ccc1[N+](=O)[O-]. The number of halogens is 1.